The van der Waals surface area contributed by atoms with Crippen molar-refractivity contribution in [3.05, 3.63) is 29.8 Å². The predicted molar refractivity (Wildman–Crippen MR) is 64.4 cm³/mol. The smallest absolute Gasteiger partial charge is 0.119 e. The van der Waals surface area contributed by atoms with E-state index in [2.05, 4.69) is 11.4 Å². The minimum absolute atomic E-state index is 0.116. The van der Waals surface area contributed by atoms with Gasteiger partial charge in [0.25, 0.3) is 0 Å². The molecular formula is C13H18N2O. The molecule has 1 N–H and O–H groups in total. The van der Waals surface area contributed by atoms with Gasteiger partial charge in [0, 0.05) is 6.42 Å². The molecule has 0 fully saturated rings. The van der Waals surface area contributed by atoms with E-state index < -0.39 is 0 Å². The molecule has 0 aromatic heterocycles. The Labute approximate surface area is 97.0 Å². The molecular weight excluding hydrogens is 200 g/mol. The van der Waals surface area contributed by atoms with E-state index in [0.29, 0.717) is 13.0 Å². The highest BCUT2D eigenvalue weighted by molar-refractivity contribution is 5.27. The van der Waals surface area contributed by atoms with Crippen molar-refractivity contribution in [1.82, 2.24) is 5.32 Å². The van der Waals surface area contributed by atoms with Gasteiger partial charge in [0.15, 0.2) is 0 Å². The van der Waals surface area contributed by atoms with E-state index in [1.165, 1.54) is 5.56 Å². The average Bonchev–Trinajstić information content (AvgIpc) is 2.28. The third-order valence-corrected chi connectivity index (χ3v) is 2.27. The van der Waals surface area contributed by atoms with E-state index in [1.54, 1.807) is 0 Å². The Morgan fingerprint density at radius 1 is 1.50 bits per heavy atom. The summed E-state index contributed by atoms with van der Waals surface area (Å²) in [5.41, 5.74) is 1.18. The van der Waals surface area contributed by atoms with Crippen LogP contribution in [0.25, 0.3) is 0 Å². The van der Waals surface area contributed by atoms with Crippen molar-refractivity contribution < 1.29 is 4.74 Å². The van der Waals surface area contributed by atoms with Gasteiger partial charge in [0.1, 0.15) is 5.75 Å². The van der Waals surface area contributed by atoms with Crippen LogP contribution < -0.4 is 10.1 Å². The zero-order chi connectivity index (χ0) is 11.8. The molecule has 1 rings (SSSR count). The molecule has 1 unspecified atom stereocenters. The van der Waals surface area contributed by atoms with Crippen molar-refractivity contribution in [2.75, 3.05) is 13.2 Å². The Kier molecular flexibility index (Phi) is 5.38. The van der Waals surface area contributed by atoms with Crippen LogP contribution in [-0.2, 0) is 0 Å². The molecule has 0 amide bonds. The third kappa shape index (κ3) is 4.33. The van der Waals surface area contributed by atoms with E-state index >= 15 is 0 Å². The fraction of sp³-hybridized carbons (Fsp3) is 0.462. The van der Waals surface area contributed by atoms with Gasteiger partial charge in [-0.3, -0.25) is 0 Å². The summed E-state index contributed by atoms with van der Waals surface area (Å²) in [6.45, 7) is 5.40. The fourth-order valence-electron chi connectivity index (χ4n) is 1.46. The second-order valence-corrected chi connectivity index (χ2v) is 3.69. The van der Waals surface area contributed by atoms with E-state index in [9.17, 15) is 0 Å². The van der Waals surface area contributed by atoms with Gasteiger partial charge >= 0.3 is 0 Å². The highest BCUT2D eigenvalue weighted by Gasteiger charge is 2.04. The van der Waals surface area contributed by atoms with Crippen LogP contribution in [0.5, 0.6) is 5.75 Å². The quantitative estimate of drug-likeness (QED) is 0.796. The first-order valence-corrected chi connectivity index (χ1v) is 5.58. The highest BCUT2D eigenvalue weighted by Crippen LogP contribution is 2.12. The van der Waals surface area contributed by atoms with E-state index in [1.807, 2.05) is 38.1 Å². The van der Waals surface area contributed by atoms with Gasteiger partial charge in [0.05, 0.1) is 18.7 Å². The molecule has 16 heavy (non-hydrogen) atoms. The Bertz CT molecular complexity index is 357. The van der Waals surface area contributed by atoms with Crippen LogP contribution in [0.1, 0.15) is 18.9 Å². The van der Waals surface area contributed by atoms with Gasteiger partial charge in [-0.2, -0.15) is 5.26 Å². The number of rotatable bonds is 6. The van der Waals surface area contributed by atoms with Crippen LogP contribution in [0.3, 0.4) is 0 Å². The summed E-state index contributed by atoms with van der Waals surface area (Å²) < 4.78 is 5.57. The van der Waals surface area contributed by atoms with Gasteiger partial charge in [0.2, 0.25) is 0 Å². The number of nitrogens with one attached hydrogen (secondary N) is 1. The van der Waals surface area contributed by atoms with Crippen LogP contribution in [0.2, 0.25) is 0 Å². The molecule has 0 bridgehead atoms. The largest absolute Gasteiger partial charge is 0.493 e. The maximum absolute atomic E-state index is 8.83. The molecule has 1 aromatic carbocycles. The van der Waals surface area contributed by atoms with Crippen molar-refractivity contribution in [3.8, 4) is 11.8 Å². The number of ether oxygens (including phenoxy) is 1. The van der Waals surface area contributed by atoms with Crippen LogP contribution in [0, 0.1) is 18.3 Å². The van der Waals surface area contributed by atoms with Crippen molar-refractivity contribution in [1.29, 1.82) is 5.26 Å². The summed E-state index contributed by atoms with van der Waals surface area (Å²) in [7, 11) is 0. The standard InChI is InChI=1S/C13H18N2O/c1-3-15-12(10-14)7-8-16-13-6-4-5-11(2)9-13/h4-6,9,12,15H,3,7-8H2,1-2H3. The lowest BCUT2D eigenvalue weighted by Crippen LogP contribution is -2.28. The molecule has 3 nitrogen and oxygen atoms in total. The van der Waals surface area contributed by atoms with Gasteiger partial charge in [-0.1, -0.05) is 19.1 Å². The van der Waals surface area contributed by atoms with E-state index in [4.69, 9.17) is 10.00 Å². The maximum Gasteiger partial charge on any atom is 0.119 e. The number of benzene rings is 1. The summed E-state index contributed by atoms with van der Waals surface area (Å²) in [5, 5.41) is 11.9. The Morgan fingerprint density at radius 2 is 2.31 bits per heavy atom. The minimum Gasteiger partial charge on any atom is -0.493 e. The Balaban J connectivity index is 2.32. The van der Waals surface area contributed by atoms with Crippen molar-refractivity contribution in [2.45, 2.75) is 26.3 Å². The third-order valence-electron chi connectivity index (χ3n) is 2.27. The summed E-state index contributed by atoms with van der Waals surface area (Å²) in [6, 6.07) is 10.0. The summed E-state index contributed by atoms with van der Waals surface area (Å²) in [6.07, 6.45) is 0.707. The SMILES string of the molecule is CCNC(C#N)CCOc1cccc(C)c1. The predicted octanol–water partition coefficient (Wildman–Crippen LogP) is 2.27. The molecule has 0 heterocycles. The lowest BCUT2D eigenvalue weighted by molar-refractivity contribution is 0.298. The Morgan fingerprint density at radius 3 is 2.94 bits per heavy atom. The second kappa shape index (κ2) is 6.86. The van der Waals surface area contributed by atoms with Crippen molar-refractivity contribution >= 4 is 0 Å². The van der Waals surface area contributed by atoms with E-state index in [-0.39, 0.29) is 6.04 Å². The van der Waals surface area contributed by atoms with Crippen LogP contribution in [0.4, 0.5) is 0 Å². The maximum atomic E-state index is 8.83. The van der Waals surface area contributed by atoms with Gasteiger partial charge in [-0.05, 0) is 31.2 Å². The number of hydrogen-bond donors (Lipinski definition) is 1. The van der Waals surface area contributed by atoms with Gasteiger partial charge in [-0.25, -0.2) is 0 Å². The van der Waals surface area contributed by atoms with Gasteiger partial charge < -0.3 is 10.1 Å². The highest BCUT2D eigenvalue weighted by atomic mass is 16.5. The van der Waals surface area contributed by atoms with Gasteiger partial charge in [-0.15, -0.1) is 0 Å². The molecule has 1 atom stereocenters. The minimum atomic E-state index is -0.116. The number of nitriles is 1. The first kappa shape index (κ1) is 12.5. The normalized spacial score (nSPS) is 11.8. The van der Waals surface area contributed by atoms with Crippen LogP contribution in [-0.4, -0.2) is 19.2 Å². The Hall–Kier alpha value is -1.53. The molecule has 0 spiro atoms. The van der Waals surface area contributed by atoms with Crippen LogP contribution >= 0.6 is 0 Å². The molecule has 86 valence electrons. The topological polar surface area (TPSA) is 45.0 Å². The summed E-state index contributed by atoms with van der Waals surface area (Å²) in [4.78, 5) is 0. The lowest BCUT2D eigenvalue weighted by Gasteiger charge is -2.11. The van der Waals surface area contributed by atoms with Crippen molar-refractivity contribution in [2.24, 2.45) is 0 Å². The summed E-state index contributed by atoms with van der Waals surface area (Å²) in [5.74, 6) is 0.869. The monoisotopic (exact) mass is 218 g/mol. The fourth-order valence-corrected chi connectivity index (χ4v) is 1.46. The number of hydrogen-bond acceptors (Lipinski definition) is 3. The first-order chi connectivity index (χ1) is 7.76. The van der Waals surface area contributed by atoms with Crippen molar-refractivity contribution in [3.63, 3.8) is 0 Å². The molecule has 0 radical (unpaired) electrons. The lowest BCUT2D eigenvalue weighted by atomic mass is 10.2. The molecule has 0 aliphatic heterocycles. The number of aryl methyl sites for hydroxylation is 1. The van der Waals surface area contributed by atoms with E-state index in [0.717, 1.165) is 12.3 Å². The zero-order valence-electron chi connectivity index (χ0n) is 9.86. The molecule has 0 aliphatic rings. The molecule has 0 saturated carbocycles. The molecule has 1 aromatic rings. The zero-order valence-corrected chi connectivity index (χ0v) is 9.86. The van der Waals surface area contributed by atoms with Crippen LogP contribution in [0.15, 0.2) is 24.3 Å². The molecule has 3 heteroatoms. The second-order valence-electron chi connectivity index (χ2n) is 3.69. The molecule has 0 saturated heterocycles. The summed E-state index contributed by atoms with van der Waals surface area (Å²) >= 11 is 0. The number of nitrogens with zero attached hydrogens (tertiary/aromatic N) is 1. The average molecular weight is 218 g/mol. The first-order valence-electron chi connectivity index (χ1n) is 5.58. The molecule has 0 aliphatic carbocycles.